The fourth-order valence-electron chi connectivity index (χ4n) is 5.34. The molecule has 2 N–H and O–H groups in total. The van der Waals surface area contributed by atoms with Crippen molar-refractivity contribution in [3.05, 3.63) is 178 Å². The van der Waals surface area contributed by atoms with Gasteiger partial charge in [0.25, 0.3) is 0 Å². The zero-order valence-corrected chi connectivity index (χ0v) is 21.1. The van der Waals surface area contributed by atoms with Crippen LogP contribution in [0.15, 0.2) is 140 Å². The number of aliphatic hydroxyl groups is 2. The van der Waals surface area contributed by atoms with Crippen LogP contribution in [0.5, 0.6) is 0 Å². The first-order chi connectivity index (χ1) is 18.0. The van der Waals surface area contributed by atoms with Gasteiger partial charge in [0.2, 0.25) is 0 Å². The SMILES string of the molecule is Cc1cc(CC(O)(c2ccccc2)c2ccccc2)cc(CC(O)(c2ccccc2)c2ccccc2)c1. The fraction of sp³-hybridized carbons (Fsp3) is 0.143. The first kappa shape index (κ1) is 24.7. The standard InChI is InChI=1S/C35H32O2/c1-27-22-28(25-34(36,30-14-6-2-7-15-30)31-16-8-3-9-17-31)24-29(23-27)26-35(37,32-18-10-4-11-19-32)33-20-12-5-13-21-33/h2-24,36-37H,25-26H2,1H3. The Morgan fingerprint density at radius 1 is 0.432 bits per heavy atom. The van der Waals surface area contributed by atoms with Gasteiger partial charge < -0.3 is 10.2 Å². The first-order valence-electron chi connectivity index (χ1n) is 12.7. The van der Waals surface area contributed by atoms with Crippen molar-refractivity contribution in [2.75, 3.05) is 0 Å². The van der Waals surface area contributed by atoms with E-state index in [2.05, 4.69) is 25.1 Å². The van der Waals surface area contributed by atoms with Crippen molar-refractivity contribution in [1.29, 1.82) is 0 Å². The molecule has 0 bridgehead atoms. The second-order valence-corrected chi connectivity index (χ2v) is 9.87. The third kappa shape index (κ3) is 5.27. The smallest absolute Gasteiger partial charge is 0.119 e. The van der Waals surface area contributed by atoms with Crippen LogP contribution in [0, 0.1) is 6.92 Å². The average molecular weight is 485 g/mol. The van der Waals surface area contributed by atoms with Gasteiger partial charge in [0, 0.05) is 12.8 Å². The predicted molar refractivity (Wildman–Crippen MR) is 150 cm³/mol. The number of rotatable bonds is 8. The minimum absolute atomic E-state index is 0.421. The highest BCUT2D eigenvalue weighted by molar-refractivity contribution is 5.43. The minimum atomic E-state index is -1.18. The van der Waals surface area contributed by atoms with Crippen LogP contribution < -0.4 is 0 Å². The van der Waals surface area contributed by atoms with Crippen LogP contribution in [0.2, 0.25) is 0 Å². The largest absolute Gasteiger partial charge is 0.380 e. The first-order valence-corrected chi connectivity index (χ1v) is 12.7. The van der Waals surface area contributed by atoms with Gasteiger partial charge in [-0.1, -0.05) is 145 Å². The van der Waals surface area contributed by atoms with Gasteiger partial charge in [-0.25, -0.2) is 0 Å². The van der Waals surface area contributed by atoms with E-state index < -0.39 is 11.2 Å². The Kier molecular flexibility index (Phi) is 7.05. The predicted octanol–water partition coefficient (Wildman–Crippen LogP) is 6.95. The van der Waals surface area contributed by atoms with Crippen LogP contribution in [-0.2, 0) is 24.0 Å². The molecule has 5 aromatic carbocycles. The summed E-state index contributed by atoms with van der Waals surface area (Å²) < 4.78 is 0. The van der Waals surface area contributed by atoms with Gasteiger partial charge in [-0.15, -0.1) is 0 Å². The molecule has 0 radical (unpaired) electrons. The maximum Gasteiger partial charge on any atom is 0.119 e. The van der Waals surface area contributed by atoms with Crippen LogP contribution in [-0.4, -0.2) is 10.2 Å². The van der Waals surface area contributed by atoms with Crippen molar-refractivity contribution in [1.82, 2.24) is 0 Å². The molecule has 184 valence electrons. The zero-order valence-electron chi connectivity index (χ0n) is 21.1. The molecule has 0 aromatic heterocycles. The van der Waals surface area contributed by atoms with Crippen molar-refractivity contribution in [2.45, 2.75) is 31.0 Å². The third-order valence-corrected chi connectivity index (χ3v) is 7.12. The van der Waals surface area contributed by atoms with E-state index >= 15 is 0 Å². The summed E-state index contributed by atoms with van der Waals surface area (Å²) in [5.74, 6) is 0. The maximum atomic E-state index is 12.1. The van der Waals surface area contributed by atoms with Gasteiger partial charge in [0.1, 0.15) is 11.2 Å². The van der Waals surface area contributed by atoms with E-state index in [1.807, 2.05) is 121 Å². The molecule has 0 atom stereocenters. The molecule has 37 heavy (non-hydrogen) atoms. The van der Waals surface area contributed by atoms with Crippen LogP contribution >= 0.6 is 0 Å². The Morgan fingerprint density at radius 2 is 0.703 bits per heavy atom. The van der Waals surface area contributed by atoms with Crippen molar-refractivity contribution < 1.29 is 10.2 Å². The van der Waals surface area contributed by atoms with E-state index in [1.165, 1.54) is 0 Å². The molecule has 5 rings (SSSR count). The lowest BCUT2D eigenvalue weighted by Crippen LogP contribution is -2.31. The summed E-state index contributed by atoms with van der Waals surface area (Å²) in [5.41, 5.74) is 4.21. The van der Waals surface area contributed by atoms with Crippen molar-refractivity contribution >= 4 is 0 Å². The van der Waals surface area contributed by atoms with E-state index in [1.54, 1.807) is 0 Å². The third-order valence-electron chi connectivity index (χ3n) is 7.12. The molecule has 0 heterocycles. The lowest BCUT2D eigenvalue weighted by atomic mass is 9.79. The van der Waals surface area contributed by atoms with Gasteiger partial charge in [-0.05, 0) is 40.3 Å². The topological polar surface area (TPSA) is 40.5 Å². The molecule has 2 heteroatoms. The zero-order chi connectivity index (χ0) is 25.7. The lowest BCUT2D eigenvalue weighted by molar-refractivity contribution is 0.0798. The van der Waals surface area contributed by atoms with Crippen LogP contribution in [0.3, 0.4) is 0 Å². The van der Waals surface area contributed by atoms with E-state index in [4.69, 9.17) is 0 Å². The Hall–Kier alpha value is -3.98. The molecule has 2 nitrogen and oxygen atoms in total. The minimum Gasteiger partial charge on any atom is -0.380 e. The van der Waals surface area contributed by atoms with E-state index in [-0.39, 0.29) is 0 Å². The molecular weight excluding hydrogens is 452 g/mol. The van der Waals surface area contributed by atoms with E-state index in [0.717, 1.165) is 38.9 Å². The highest BCUT2D eigenvalue weighted by Crippen LogP contribution is 2.36. The Morgan fingerprint density at radius 3 is 0.973 bits per heavy atom. The molecule has 5 aromatic rings. The molecule has 0 amide bonds. The summed E-state index contributed by atoms with van der Waals surface area (Å²) in [6, 6.07) is 45.8. The number of hydrogen-bond donors (Lipinski definition) is 2. The second-order valence-electron chi connectivity index (χ2n) is 9.87. The monoisotopic (exact) mass is 484 g/mol. The van der Waals surface area contributed by atoms with E-state index in [0.29, 0.717) is 12.8 Å². The maximum absolute atomic E-state index is 12.1. The normalized spacial score (nSPS) is 11.9. The Bertz CT molecular complexity index is 1240. The second kappa shape index (κ2) is 10.6. The summed E-state index contributed by atoms with van der Waals surface area (Å²) in [5, 5.41) is 24.3. The molecule has 0 fully saturated rings. The highest BCUT2D eigenvalue weighted by atomic mass is 16.3. The van der Waals surface area contributed by atoms with Crippen LogP contribution in [0.1, 0.15) is 38.9 Å². The number of hydrogen-bond acceptors (Lipinski definition) is 2. The summed E-state index contributed by atoms with van der Waals surface area (Å²) in [6.45, 7) is 2.07. The fourth-order valence-corrected chi connectivity index (χ4v) is 5.34. The Labute approximate surface area is 219 Å². The summed E-state index contributed by atoms with van der Waals surface area (Å²) >= 11 is 0. The van der Waals surface area contributed by atoms with Crippen molar-refractivity contribution in [3.8, 4) is 0 Å². The summed E-state index contributed by atoms with van der Waals surface area (Å²) in [7, 11) is 0. The molecule has 0 aliphatic rings. The molecule has 0 saturated carbocycles. The molecule has 0 aliphatic heterocycles. The van der Waals surface area contributed by atoms with Crippen LogP contribution in [0.25, 0.3) is 0 Å². The summed E-state index contributed by atoms with van der Waals surface area (Å²) in [6.07, 6.45) is 0.843. The lowest BCUT2D eigenvalue weighted by Gasteiger charge is -2.31. The van der Waals surface area contributed by atoms with E-state index in [9.17, 15) is 10.2 Å². The average Bonchev–Trinajstić information content (AvgIpc) is 2.94. The molecule has 0 saturated heterocycles. The quantitative estimate of drug-likeness (QED) is 0.250. The van der Waals surface area contributed by atoms with Gasteiger partial charge in [0.05, 0.1) is 0 Å². The highest BCUT2D eigenvalue weighted by Gasteiger charge is 2.34. The van der Waals surface area contributed by atoms with Gasteiger partial charge in [-0.2, -0.15) is 0 Å². The molecule has 0 unspecified atom stereocenters. The van der Waals surface area contributed by atoms with Crippen molar-refractivity contribution in [3.63, 3.8) is 0 Å². The van der Waals surface area contributed by atoms with Gasteiger partial charge >= 0.3 is 0 Å². The van der Waals surface area contributed by atoms with Crippen molar-refractivity contribution in [2.24, 2.45) is 0 Å². The van der Waals surface area contributed by atoms with Gasteiger partial charge in [-0.3, -0.25) is 0 Å². The number of aryl methyl sites for hydroxylation is 1. The Balaban J connectivity index is 1.55. The number of benzene rings is 5. The molecular formula is C35H32O2. The summed E-state index contributed by atoms with van der Waals surface area (Å²) in [4.78, 5) is 0. The molecule has 0 aliphatic carbocycles. The molecule has 0 spiro atoms. The van der Waals surface area contributed by atoms with Gasteiger partial charge in [0.15, 0.2) is 0 Å². The van der Waals surface area contributed by atoms with Crippen LogP contribution in [0.4, 0.5) is 0 Å².